The molecule has 718 valence electrons. The molecule has 0 aliphatic carbocycles. The predicted octanol–water partition coefficient (Wildman–Crippen LogP) is 22.5. The van der Waals surface area contributed by atoms with E-state index >= 15 is 0 Å². The Morgan fingerprint density at radius 3 is 1.32 bits per heavy atom. The Kier molecular flexibility index (Phi) is 43.2. The summed E-state index contributed by atoms with van der Waals surface area (Å²) in [5.41, 5.74) is 7.64. The van der Waals surface area contributed by atoms with Gasteiger partial charge in [0.15, 0.2) is 0 Å². The number of hydrogen-bond donors (Lipinski definition) is 3. The number of aliphatic hydroxyl groups is 1. The van der Waals surface area contributed by atoms with Gasteiger partial charge in [0.25, 0.3) is 10.0 Å². The third-order valence-corrected chi connectivity index (χ3v) is 33.7. The number of benzene rings is 3. The largest absolute Gasteiger partial charge is 0.477 e. The first-order chi connectivity index (χ1) is 61.3. The number of aliphatic hydroxyl groups excluding tert-OH is 1. The number of halogens is 3. The van der Waals surface area contributed by atoms with Crippen molar-refractivity contribution in [2.24, 2.45) is 11.3 Å². The lowest BCUT2D eigenvalue weighted by atomic mass is 9.91. The lowest BCUT2D eigenvalue weighted by Gasteiger charge is -2.23. The third kappa shape index (κ3) is 35.6. The predicted molar refractivity (Wildman–Crippen MR) is 545 cm³/mol. The number of rotatable bonds is 36. The van der Waals surface area contributed by atoms with Crippen molar-refractivity contribution in [1.29, 1.82) is 0 Å². The highest BCUT2D eigenvalue weighted by molar-refractivity contribution is 9.10. The zero-order valence-corrected chi connectivity index (χ0v) is 90.4. The summed E-state index contributed by atoms with van der Waals surface area (Å²) in [6.07, 6.45) is 13.1. The van der Waals surface area contributed by atoms with Crippen LogP contribution >= 0.6 is 31.9 Å². The maximum absolute atomic E-state index is 13.4. The van der Waals surface area contributed by atoms with Crippen LogP contribution in [0.1, 0.15) is 103 Å². The fraction of sp³-hybridized carbons (Fsp3) is 0.516. The van der Waals surface area contributed by atoms with E-state index in [1.165, 1.54) is 27.7 Å². The highest BCUT2D eigenvalue weighted by Crippen LogP contribution is 2.38. The molecule has 0 amide bonds. The van der Waals surface area contributed by atoms with Crippen LogP contribution in [0, 0.1) is 38.1 Å². The Bertz CT molecular complexity index is 5710. The van der Waals surface area contributed by atoms with Crippen LogP contribution < -0.4 is 28.0 Å². The SMILES string of the molecule is CC.CC.C[Si](C)(C)CCOCn1ccc2cc(Br)c(F)nc21.C[Si](C)(C)CCOCn1ccc2cc3c(nc21)OCCCC3.Cc1ccc(S(=O)(=O)N2CCCOc3nc4c(ccn4COCC[Si](C)(C)C)cc32)cc1.Cc1ccc(S(=O)(=O)NCC(C)CCOc2nc3c(ccn3COCC[Si](C)(C)C)cc2Br)cc1.Cc1ccc(S(=O)(=O)NCCC(C)(C)CO)cc1. The first-order valence-corrected chi connectivity index (χ1v) is 66.1. The molecule has 8 aromatic heterocycles. The smallest absolute Gasteiger partial charge is 0.264 e. The highest BCUT2D eigenvalue weighted by atomic mass is 79.9. The van der Waals surface area contributed by atoms with Crippen molar-refractivity contribution in [1.82, 2.24) is 47.6 Å². The maximum Gasteiger partial charge on any atom is 0.264 e. The Balaban J connectivity index is 0.000000225. The molecule has 10 heterocycles. The third-order valence-electron chi connectivity index (χ3n) is 21.0. The van der Waals surface area contributed by atoms with E-state index < -0.39 is 68.3 Å². The lowest BCUT2D eigenvalue weighted by molar-refractivity contribution is 0.0897. The Hall–Kier alpha value is -7.05. The van der Waals surface area contributed by atoms with Gasteiger partial charge in [-0.15, -0.1) is 0 Å². The summed E-state index contributed by atoms with van der Waals surface area (Å²) in [5.74, 6) is 1.28. The number of aryl methyl sites for hydroxylation is 4. The van der Waals surface area contributed by atoms with Crippen LogP contribution in [0.2, 0.25) is 103 Å². The monoisotopic (exact) mass is 2050 g/mol. The van der Waals surface area contributed by atoms with E-state index in [0.717, 1.165) is 124 Å². The normalized spacial score (nSPS) is 13.5. The number of sulfonamides is 3. The second-order valence-electron chi connectivity index (χ2n) is 38.1. The van der Waals surface area contributed by atoms with Gasteiger partial charge in [0, 0.05) is 143 Å². The number of ether oxygens (including phenoxy) is 7. The number of aromatic nitrogens is 8. The molecule has 1 unspecified atom stereocenters. The van der Waals surface area contributed by atoms with Crippen LogP contribution in [0.5, 0.6) is 17.6 Å². The molecule has 0 fully saturated rings. The first kappa shape index (κ1) is 110. The molecule has 0 radical (unpaired) electrons. The standard InChI is InChI=1S/C25H36BrN3O4SSi.C23H31N3O4SSi.C17H26N2O2Si.C13H18BrFN2OSi.C13H21NO3S.2C2H6/c1-19-6-8-22(9-7-19)34(30,31)27-17-20(2)11-13-33-25-23(26)16-21-10-12-29(24(21)28-25)18-32-14-15-35(3,4)5;1-18-6-8-20(9-7-18)31(27,28)26-11-5-13-30-23-21(26)16-19-10-12-25(22(19)24-23)17-29-14-15-32(2,3)4;1-22(2,3)11-10-20-13-19-8-7-14-12-15-6-4-5-9-21-17(15)18-16(14)19;1-19(2,3)7-6-18-9-17-5-4-10-8-11(14)12(15)16-13(10)17;1-11-4-6-12(7-5-11)18(16,17)14-9-8-13(2,3)10-15;2*1-2/h6-10,12,16,20,27H,11,13-15,17-18H2,1-5H3;6-10,12,16H,5,11,13-15,17H2,1-4H3;7-8,12H,4-6,9-11,13H2,1-3H3;4-5,8H,6-7,9H2,1-3H3;4-7,14-15H,8-10H2,1-3H3;2*1-2H3. The van der Waals surface area contributed by atoms with E-state index in [1.54, 1.807) is 66.7 Å². The molecule has 0 saturated heterocycles. The molecule has 3 aromatic carbocycles. The van der Waals surface area contributed by atoms with Gasteiger partial charge in [0.05, 0.1) is 43.5 Å². The second-order valence-corrected chi connectivity index (χ2v) is 67.7. The molecule has 11 aromatic rings. The van der Waals surface area contributed by atoms with E-state index in [2.05, 4.69) is 148 Å². The van der Waals surface area contributed by atoms with Gasteiger partial charge in [0.1, 0.15) is 55.2 Å². The molecule has 1 atom stereocenters. The number of nitrogens with one attached hydrogen (secondary N) is 2. The molecule has 3 N–H and O–H groups in total. The van der Waals surface area contributed by atoms with Crippen molar-refractivity contribution in [2.75, 3.05) is 76.8 Å². The maximum atomic E-state index is 13.4. The van der Waals surface area contributed by atoms with Crippen LogP contribution in [0.15, 0.2) is 170 Å². The van der Waals surface area contributed by atoms with E-state index in [-0.39, 0.29) is 32.6 Å². The number of hydrogen-bond acceptors (Lipinski definition) is 18. The molecule has 2 aliphatic heterocycles. The van der Waals surface area contributed by atoms with Gasteiger partial charge < -0.3 is 56.5 Å². The average Bonchev–Trinajstić information content (AvgIpc) is 1.51. The van der Waals surface area contributed by atoms with Gasteiger partial charge in [-0.3, -0.25) is 4.31 Å². The molecule has 0 saturated carbocycles. The minimum atomic E-state index is -3.72. The molecule has 0 bridgehead atoms. The molecule has 0 spiro atoms. The molecule has 35 heteroatoms. The van der Waals surface area contributed by atoms with Crippen molar-refractivity contribution < 1.29 is 67.9 Å². The van der Waals surface area contributed by atoms with E-state index in [0.29, 0.717) is 107 Å². The van der Waals surface area contributed by atoms with Crippen molar-refractivity contribution in [3.63, 3.8) is 0 Å². The summed E-state index contributed by atoms with van der Waals surface area (Å²) in [7, 11) is -15.0. The van der Waals surface area contributed by atoms with E-state index in [4.69, 9.17) is 53.2 Å². The fourth-order valence-electron chi connectivity index (χ4n) is 12.7. The summed E-state index contributed by atoms with van der Waals surface area (Å²) in [6.45, 7) is 55.2. The van der Waals surface area contributed by atoms with Crippen LogP contribution in [-0.2, 0) is 82.4 Å². The van der Waals surface area contributed by atoms with Crippen molar-refractivity contribution in [3.8, 4) is 17.6 Å². The average molecular weight is 2050 g/mol. The van der Waals surface area contributed by atoms with Gasteiger partial charge in [-0.25, -0.2) is 39.7 Å². The summed E-state index contributed by atoms with van der Waals surface area (Å²) < 4.78 is 146. The van der Waals surface area contributed by atoms with Crippen LogP contribution in [0.3, 0.4) is 0 Å². The van der Waals surface area contributed by atoms with E-state index in [9.17, 15) is 29.6 Å². The van der Waals surface area contributed by atoms with Gasteiger partial charge in [0.2, 0.25) is 43.6 Å². The number of pyridine rings is 4. The molecular formula is C95H144Br2FN11O14S3Si4. The van der Waals surface area contributed by atoms with Crippen LogP contribution in [0.25, 0.3) is 44.1 Å². The van der Waals surface area contributed by atoms with Gasteiger partial charge in [-0.1, -0.05) is 180 Å². The summed E-state index contributed by atoms with van der Waals surface area (Å²) in [6, 6.07) is 40.8. The number of fused-ring (bicyclic) bond motifs is 6. The quantitative estimate of drug-likeness (QED) is 0.0187. The summed E-state index contributed by atoms with van der Waals surface area (Å²) >= 11 is 6.69. The minimum Gasteiger partial charge on any atom is -0.477 e. The molecule has 130 heavy (non-hydrogen) atoms. The lowest BCUT2D eigenvalue weighted by Crippen LogP contribution is -2.31. The van der Waals surface area contributed by atoms with Gasteiger partial charge in [-0.05, 0) is 205 Å². The highest BCUT2D eigenvalue weighted by Gasteiger charge is 2.32. The Labute approximate surface area is 794 Å². The van der Waals surface area contributed by atoms with Gasteiger partial charge in [-0.2, -0.15) is 19.3 Å². The number of anilines is 1. The van der Waals surface area contributed by atoms with Crippen LogP contribution in [-0.4, -0.2) is 173 Å². The molecule has 2 aliphatic rings. The first-order valence-electron chi connectivity index (χ1n) is 45.2. The van der Waals surface area contributed by atoms with Crippen molar-refractivity contribution >= 4 is 144 Å². The fourth-order valence-corrected chi connectivity index (χ4v) is 20.2. The molecule has 13 rings (SSSR count). The molecule has 25 nitrogen and oxygen atoms in total. The van der Waals surface area contributed by atoms with Gasteiger partial charge >= 0.3 is 0 Å². The molecular weight excluding hydrogens is 1910 g/mol. The zero-order chi connectivity index (χ0) is 96.0. The van der Waals surface area contributed by atoms with E-state index in [1.807, 2.05) is 144 Å². The summed E-state index contributed by atoms with van der Waals surface area (Å²) in [4.78, 5) is 18.9. The topological polar surface area (TPSA) is 286 Å². The Morgan fingerprint density at radius 1 is 0.492 bits per heavy atom. The zero-order valence-electron chi connectivity index (χ0n) is 80.7. The Morgan fingerprint density at radius 2 is 0.877 bits per heavy atom. The minimum absolute atomic E-state index is 0.0409. The van der Waals surface area contributed by atoms with Crippen LogP contribution in [0.4, 0.5) is 10.1 Å². The van der Waals surface area contributed by atoms with Crippen molar-refractivity contribution in [2.45, 2.75) is 252 Å². The second kappa shape index (κ2) is 51.0. The van der Waals surface area contributed by atoms with Crippen molar-refractivity contribution in [3.05, 3.63) is 183 Å². The summed E-state index contributed by atoms with van der Waals surface area (Å²) in [5, 5.41) is 13.0. The number of nitrogens with zero attached hydrogens (tertiary/aromatic N) is 9.